The maximum atomic E-state index is 12.3. The molecule has 0 radical (unpaired) electrons. The van der Waals surface area contributed by atoms with Gasteiger partial charge in [-0.25, -0.2) is 4.79 Å². The van der Waals surface area contributed by atoms with Crippen LogP contribution in [0.4, 0.5) is 10.5 Å². The third-order valence-electron chi connectivity index (χ3n) is 3.15. The van der Waals surface area contributed by atoms with Gasteiger partial charge >= 0.3 is 6.03 Å². The summed E-state index contributed by atoms with van der Waals surface area (Å²) >= 11 is 0. The number of hydrogen-bond acceptors (Lipinski definition) is 3. The first kappa shape index (κ1) is 14.8. The SMILES string of the molecule is CC(C)C(NC(N)=O)C(=O)Nc1cccc2ncccc12. The molecular weight excluding hydrogens is 268 g/mol. The van der Waals surface area contributed by atoms with E-state index in [0.717, 1.165) is 10.9 Å². The van der Waals surface area contributed by atoms with Crippen LogP contribution in [0, 0.1) is 5.92 Å². The number of anilines is 1. The second-order valence-electron chi connectivity index (χ2n) is 5.10. The molecule has 3 amide bonds. The topological polar surface area (TPSA) is 97.1 Å². The van der Waals surface area contributed by atoms with Gasteiger partial charge in [-0.2, -0.15) is 0 Å². The number of benzene rings is 1. The van der Waals surface area contributed by atoms with Crippen molar-refractivity contribution in [1.29, 1.82) is 0 Å². The lowest BCUT2D eigenvalue weighted by Gasteiger charge is -2.21. The molecule has 1 heterocycles. The summed E-state index contributed by atoms with van der Waals surface area (Å²) in [7, 11) is 0. The van der Waals surface area contributed by atoms with Crippen molar-refractivity contribution in [3.8, 4) is 0 Å². The van der Waals surface area contributed by atoms with Gasteiger partial charge in [-0.15, -0.1) is 0 Å². The molecule has 0 spiro atoms. The van der Waals surface area contributed by atoms with Crippen molar-refractivity contribution in [2.24, 2.45) is 11.7 Å². The van der Waals surface area contributed by atoms with Crippen LogP contribution in [0.2, 0.25) is 0 Å². The highest BCUT2D eigenvalue weighted by atomic mass is 16.2. The van der Waals surface area contributed by atoms with E-state index in [9.17, 15) is 9.59 Å². The normalized spacial score (nSPS) is 12.1. The summed E-state index contributed by atoms with van der Waals surface area (Å²) in [5.74, 6) is -0.384. The molecule has 21 heavy (non-hydrogen) atoms. The molecule has 0 fully saturated rings. The number of carbonyl (C=O) groups is 2. The second kappa shape index (κ2) is 6.21. The van der Waals surface area contributed by atoms with Gasteiger partial charge in [0, 0.05) is 11.6 Å². The van der Waals surface area contributed by atoms with Crippen LogP contribution in [0.25, 0.3) is 10.9 Å². The Labute approximate surface area is 122 Å². The number of urea groups is 1. The number of pyridine rings is 1. The molecule has 6 nitrogen and oxygen atoms in total. The molecule has 110 valence electrons. The van der Waals surface area contributed by atoms with E-state index in [-0.39, 0.29) is 11.8 Å². The third-order valence-corrected chi connectivity index (χ3v) is 3.15. The van der Waals surface area contributed by atoms with Crippen LogP contribution in [0.3, 0.4) is 0 Å². The molecule has 0 saturated carbocycles. The van der Waals surface area contributed by atoms with E-state index >= 15 is 0 Å². The minimum atomic E-state index is -0.719. The lowest BCUT2D eigenvalue weighted by molar-refractivity contribution is -0.118. The molecule has 0 aliphatic carbocycles. The van der Waals surface area contributed by atoms with Crippen molar-refractivity contribution in [3.63, 3.8) is 0 Å². The van der Waals surface area contributed by atoms with Crippen LogP contribution in [0.1, 0.15) is 13.8 Å². The van der Waals surface area contributed by atoms with Crippen molar-refractivity contribution in [2.45, 2.75) is 19.9 Å². The Balaban J connectivity index is 2.26. The molecule has 2 aromatic rings. The van der Waals surface area contributed by atoms with Crippen LogP contribution >= 0.6 is 0 Å². The van der Waals surface area contributed by atoms with Crippen LogP contribution in [0.15, 0.2) is 36.5 Å². The lowest BCUT2D eigenvalue weighted by atomic mass is 10.0. The van der Waals surface area contributed by atoms with E-state index in [1.807, 2.05) is 32.0 Å². The smallest absolute Gasteiger partial charge is 0.312 e. The van der Waals surface area contributed by atoms with Gasteiger partial charge in [0.2, 0.25) is 5.91 Å². The van der Waals surface area contributed by atoms with E-state index in [1.165, 1.54) is 0 Å². The Kier molecular flexibility index (Phi) is 4.37. The summed E-state index contributed by atoms with van der Waals surface area (Å²) in [5.41, 5.74) is 6.56. The number of nitrogens with one attached hydrogen (secondary N) is 2. The number of primary amides is 1. The van der Waals surface area contributed by atoms with Crippen LogP contribution < -0.4 is 16.4 Å². The van der Waals surface area contributed by atoms with Gasteiger partial charge in [-0.1, -0.05) is 19.9 Å². The Hall–Kier alpha value is -2.63. The van der Waals surface area contributed by atoms with Crippen LogP contribution in [-0.4, -0.2) is 23.0 Å². The van der Waals surface area contributed by atoms with E-state index in [4.69, 9.17) is 5.73 Å². The zero-order chi connectivity index (χ0) is 15.4. The third kappa shape index (κ3) is 3.47. The van der Waals surface area contributed by atoms with Crippen molar-refractivity contribution in [1.82, 2.24) is 10.3 Å². The molecule has 1 atom stereocenters. The Morgan fingerprint density at radius 2 is 1.95 bits per heavy atom. The van der Waals surface area contributed by atoms with Crippen molar-refractivity contribution < 1.29 is 9.59 Å². The van der Waals surface area contributed by atoms with E-state index in [0.29, 0.717) is 5.69 Å². The number of fused-ring (bicyclic) bond motifs is 1. The number of hydrogen-bond donors (Lipinski definition) is 3. The van der Waals surface area contributed by atoms with Gasteiger partial charge < -0.3 is 16.4 Å². The number of rotatable bonds is 4. The minimum Gasteiger partial charge on any atom is -0.352 e. The van der Waals surface area contributed by atoms with Gasteiger partial charge in [0.1, 0.15) is 6.04 Å². The van der Waals surface area contributed by atoms with Crippen LogP contribution in [0.5, 0.6) is 0 Å². The first-order chi connectivity index (χ1) is 9.99. The zero-order valence-electron chi connectivity index (χ0n) is 12.0. The molecule has 0 aliphatic heterocycles. The highest BCUT2D eigenvalue weighted by Crippen LogP contribution is 2.21. The zero-order valence-corrected chi connectivity index (χ0v) is 12.0. The number of carbonyl (C=O) groups excluding carboxylic acids is 2. The predicted octanol–water partition coefficient (Wildman–Crippen LogP) is 1.87. The highest BCUT2D eigenvalue weighted by Gasteiger charge is 2.23. The maximum absolute atomic E-state index is 12.3. The molecular formula is C15H18N4O2. The Morgan fingerprint density at radius 1 is 1.19 bits per heavy atom. The van der Waals surface area contributed by atoms with Crippen molar-refractivity contribution >= 4 is 28.5 Å². The lowest BCUT2D eigenvalue weighted by Crippen LogP contribution is -2.49. The number of nitrogens with zero attached hydrogens (tertiary/aromatic N) is 1. The van der Waals surface area contributed by atoms with Crippen LogP contribution in [-0.2, 0) is 4.79 Å². The van der Waals surface area contributed by atoms with E-state index in [2.05, 4.69) is 15.6 Å². The van der Waals surface area contributed by atoms with Gasteiger partial charge in [0.15, 0.2) is 0 Å². The molecule has 1 aromatic heterocycles. The quantitative estimate of drug-likeness (QED) is 0.800. The molecule has 1 unspecified atom stereocenters. The fourth-order valence-electron chi connectivity index (χ4n) is 2.11. The van der Waals surface area contributed by atoms with E-state index < -0.39 is 12.1 Å². The first-order valence-corrected chi connectivity index (χ1v) is 6.69. The summed E-state index contributed by atoms with van der Waals surface area (Å²) in [6.45, 7) is 3.68. The molecule has 4 N–H and O–H groups in total. The summed E-state index contributed by atoms with van der Waals surface area (Å²) in [6.07, 6.45) is 1.69. The van der Waals surface area contributed by atoms with E-state index in [1.54, 1.807) is 18.3 Å². The standard InChI is InChI=1S/C15H18N4O2/c1-9(2)13(19-15(16)21)14(20)18-12-7-3-6-11-10(12)5-4-8-17-11/h3-9,13H,1-2H3,(H,18,20)(H3,16,19,21). The Morgan fingerprint density at radius 3 is 2.62 bits per heavy atom. The molecule has 1 aromatic carbocycles. The molecule has 0 aliphatic rings. The van der Waals surface area contributed by atoms with Crippen molar-refractivity contribution in [3.05, 3.63) is 36.5 Å². The highest BCUT2D eigenvalue weighted by molar-refractivity contribution is 6.03. The van der Waals surface area contributed by atoms with Gasteiger partial charge in [-0.3, -0.25) is 9.78 Å². The first-order valence-electron chi connectivity index (χ1n) is 6.69. The molecule has 0 bridgehead atoms. The van der Waals surface area contributed by atoms with Gasteiger partial charge in [0.05, 0.1) is 11.2 Å². The molecule has 2 rings (SSSR count). The monoisotopic (exact) mass is 286 g/mol. The minimum absolute atomic E-state index is 0.0781. The number of amides is 3. The second-order valence-corrected chi connectivity index (χ2v) is 5.10. The van der Waals surface area contributed by atoms with Gasteiger partial charge in [0.25, 0.3) is 0 Å². The largest absolute Gasteiger partial charge is 0.352 e. The van der Waals surface area contributed by atoms with Gasteiger partial charge in [-0.05, 0) is 30.2 Å². The summed E-state index contributed by atoms with van der Waals surface area (Å²) in [5, 5.41) is 6.12. The fourth-order valence-corrected chi connectivity index (χ4v) is 2.11. The summed E-state index contributed by atoms with van der Waals surface area (Å²) in [6, 6.07) is 7.76. The molecule has 6 heteroatoms. The maximum Gasteiger partial charge on any atom is 0.312 e. The average Bonchev–Trinajstić information content (AvgIpc) is 2.44. The fraction of sp³-hybridized carbons (Fsp3) is 0.267. The summed E-state index contributed by atoms with van der Waals surface area (Å²) < 4.78 is 0. The predicted molar refractivity (Wildman–Crippen MR) is 81.7 cm³/mol. The number of nitrogens with two attached hydrogens (primary N) is 1. The molecule has 0 saturated heterocycles. The van der Waals surface area contributed by atoms with Crippen molar-refractivity contribution in [2.75, 3.05) is 5.32 Å². The summed E-state index contributed by atoms with van der Waals surface area (Å²) in [4.78, 5) is 27.6. The average molecular weight is 286 g/mol. The number of aromatic nitrogens is 1. The Bertz CT molecular complexity index is 664.